The number of carbonyl (C=O) groups is 9. The van der Waals surface area contributed by atoms with Crippen LogP contribution in [0, 0.1) is 0 Å². The van der Waals surface area contributed by atoms with Gasteiger partial charge in [0, 0.05) is 24.8 Å². The zero-order valence-corrected chi connectivity index (χ0v) is 24.4. The first kappa shape index (κ1) is 43.7. The second-order valence-corrected chi connectivity index (χ2v) is 7.39. The van der Waals surface area contributed by atoms with Crippen LogP contribution in [0.3, 0.4) is 0 Å². The molecule has 0 fully saturated rings. The molecule has 0 saturated heterocycles. The van der Waals surface area contributed by atoms with Crippen molar-refractivity contribution in [2.45, 2.75) is 55.3 Å². The minimum Gasteiger partial charge on any atom is -0.550 e. The van der Waals surface area contributed by atoms with E-state index in [2.05, 4.69) is 0 Å². The fourth-order valence-corrected chi connectivity index (χ4v) is 2.12. The summed E-state index contributed by atoms with van der Waals surface area (Å²) in [7, 11) is 0. The molecular formula is C18H22BaO21. The Kier molecular flexibility index (Phi) is 20.6. The molecule has 21 nitrogen and oxygen atoms in total. The van der Waals surface area contributed by atoms with Crippen molar-refractivity contribution >= 4 is 103 Å². The van der Waals surface area contributed by atoms with Gasteiger partial charge in [-0.1, -0.05) is 0 Å². The summed E-state index contributed by atoms with van der Waals surface area (Å²) in [4.78, 5) is 91.1. The molecular weight excluding hydrogens is 690 g/mol. The monoisotopic (exact) mass is 712 g/mol. The van der Waals surface area contributed by atoms with Gasteiger partial charge < -0.3 is 70.9 Å². The first-order valence-electron chi connectivity index (χ1n) is 9.47. The van der Waals surface area contributed by atoms with Crippen LogP contribution in [0.25, 0.3) is 0 Å². The van der Waals surface area contributed by atoms with Gasteiger partial charge in [0.25, 0.3) is 0 Å². The Morgan fingerprint density at radius 2 is 0.550 bits per heavy atom. The molecule has 0 unspecified atom stereocenters. The van der Waals surface area contributed by atoms with E-state index in [0.717, 1.165) is 0 Å². The molecule has 0 amide bonds. The predicted molar refractivity (Wildman–Crippen MR) is 112 cm³/mol. The molecule has 0 aromatic carbocycles. The van der Waals surface area contributed by atoms with Crippen LogP contribution in [-0.2, 0) is 43.2 Å². The SMILES string of the molecule is O=C(O)CC(O)(CC(=O)O)C(=O)O.O=C(O)CC(O)(CC(=O)O)C(=O)O.O=C([O-])CC(O)(CC(=O)[O-])C(=O)O.[Ba+2]. The Bertz CT molecular complexity index is 812. The fraction of sp³-hybridized carbons (Fsp3) is 0.500. The van der Waals surface area contributed by atoms with E-state index >= 15 is 0 Å². The van der Waals surface area contributed by atoms with Crippen LogP contribution in [0.4, 0.5) is 0 Å². The zero-order valence-electron chi connectivity index (χ0n) is 19.9. The smallest absolute Gasteiger partial charge is 0.550 e. The first-order valence-corrected chi connectivity index (χ1v) is 9.47. The molecule has 0 aliphatic carbocycles. The van der Waals surface area contributed by atoms with Gasteiger partial charge in [0.15, 0.2) is 16.8 Å². The van der Waals surface area contributed by atoms with Crippen LogP contribution < -0.4 is 10.2 Å². The molecule has 0 radical (unpaired) electrons. The van der Waals surface area contributed by atoms with Crippen molar-refractivity contribution in [1.82, 2.24) is 0 Å². The van der Waals surface area contributed by atoms with Gasteiger partial charge in [-0.2, -0.15) is 0 Å². The Balaban J connectivity index is -0.000000240. The summed E-state index contributed by atoms with van der Waals surface area (Å²) in [6.07, 6.45) is -7.17. The van der Waals surface area contributed by atoms with E-state index in [9.17, 15) is 53.4 Å². The van der Waals surface area contributed by atoms with Gasteiger partial charge in [0.1, 0.15) is 0 Å². The number of carboxylic acid groups (broad SMARTS) is 9. The van der Waals surface area contributed by atoms with Crippen molar-refractivity contribution in [1.29, 1.82) is 0 Å². The molecule has 10 N–H and O–H groups in total. The van der Waals surface area contributed by atoms with Gasteiger partial charge >= 0.3 is 90.7 Å². The summed E-state index contributed by atoms with van der Waals surface area (Å²) >= 11 is 0. The Hall–Kier alpha value is -3.32. The average molecular weight is 712 g/mol. The Labute approximate surface area is 261 Å². The molecule has 222 valence electrons. The van der Waals surface area contributed by atoms with Gasteiger partial charge in [-0.15, -0.1) is 0 Å². The number of hydrogen-bond donors (Lipinski definition) is 10. The maximum atomic E-state index is 10.3. The van der Waals surface area contributed by atoms with E-state index in [1.807, 2.05) is 0 Å². The van der Waals surface area contributed by atoms with E-state index in [0.29, 0.717) is 0 Å². The van der Waals surface area contributed by atoms with Crippen molar-refractivity contribution in [3.05, 3.63) is 0 Å². The number of rotatable bonds is 15. The van der Waals surface area contributed by atoms with Crippen molar-refractivity contribution in [3.8, 4) is 0 Å². The number of hydrogen-bond acceptors (Lipinski definition) is 14. The Morgan fingerprint density at radius 3 is 0.650 bits per heavy atom. The van der Waals surface area contributed by atoms with Crippen LogP contribution >= 0.6 is 0 Å². The second-order valence-electron chi connectivity index (χ2n) is 7.39. The third-order valence-corrected chi connectivity index (χ3v) is 3.84. The standard InChI is InChI=1S/3C6H8O7.Ba/c3*7-3(8)1-6(13,5(11)12)2-4(9)10;/h3*13H,1-2H2,(H,7,8)(H,9,10)(H,11,12);/q;;;+2/p-2. The van der Waals surface area contributed by atoms with Gasteiger partial charge in [-0.05, 0) is 0 Å². The molecule has 40 heavy (non-hydrogen) atoms. The van der Waals surface area contributed by atoms with E-state index in [-0.39, 0.29) is 48.9 Å². The largest absolute Gasteiger partial charge is 2.00 e. The van der Waals surface area contributed by atoms with E-state index in [1.54, 1.807) is 0 Å². The second kappa shape index (κ2) is 18.9. The van der Waals surface area contributed by atoms with Gasteiger partial charge in [-0.25, -0.2) is 14.4 Å². The number of carboxylic acids is 9. The molecule has 0 spiro atoms. The van der Waals surface area contributed by atoms with Crippen molar-refractivity contribution in [2.75, 3.05) is 0 Å². The summed E-state index contributed by atoms with van der Waals surface area (Å²) in [6, 6.07) is 0. The van der Waals surface area contributed by atoms with Gasteiger partial charge in [0.2, 0.25) is 0 Å². The molecule has 0 aromatic heterocycles. The molecule has 0 heterocycles. The van der Waals surface area contributed by atoms with Crippen molar-refractivity contribution < 1.29 is 104 Å². The fourth-order valence-electron chi connectivity index (χ4n) is 2.12. The quantitative estimate of drug-likeness (QED) is 0.0705. The van der Waals surface area contributed by atoms with Gasteiger partial charge in [-0.3, -0.25) is 19.2 Å². The zero-order chi connectivity index (χ0) is 31.9. The average Bonchev–Trinajstić information content (AvgIpc) is 2.64. The number of aliphatic carboxylic acids is 9. The summed E-state index contributed by atoms with van der Waals surface area (Å²) in [5.41, 5.74) is -8.34. The molecule has 0 aliphatic heterocycles. The minimum absolute atomic E-state index is 0. The van der Waals surface area contributed by atoms with Crippen molar-refractivity contribution in [3.63, 3.8) is 0 Å². The van der Waals surface area contributed by atoms with E-state index in [1.165, 1.54) is 0 Å². The topological polar surface area (TPSA) is 402 Å². The van der Waals surface area contributed by atoms with Crippen LogP contribution in [0.2, 0.25) is 0 Å². The molecule has 0 aliphatic rings. The first-order chi connectivity index (χ1) is 17.3. The van der Waals surface area contributed by atoms with Gasteiger partial charge in [0.05, 0.1) is 25.7 Å². The Morgan fingerprint density at radius 1 is 0.400 bits per heavy atom. The van der Waals surface area contributed by atoms with Crippen LogP contribution in [0.5, 0.6) is 0 Å². The maximum Gasteiger partial charge on any atom is 2.00 e. The normalized spacial score (nSPS) is 10.6. The third-order valence-electron chi connectivity index (χ3n) is 3.84. The summed E-state index contributed by atoms with van der Waals surface area (Å²) in [6.45, 7) is 0. The third kappa shape index (κ3) is 19.7. The molecule has 0 rings (SSSR count). The van der Waals surface area contributed by atoms with E-state index < -0.39 is 109 Å². The van der Waals surface area contributed by atoms with Crippen molar-refractivity contribution in [2.24, 2.45) is 0 Å². The van der Waals surface area contributed by atoms with Crippen LogP contribution in [-0.4, -0.2) is 170 Å². The molecule has 0 atom stereocenters. The summed E-state index contributed by atoms with van der Waals surface area (Å²) < 4.78 is 0. The van der Waals surface area contributed by atoms with E-state index in [4.69, 9.17) is 51.1 Å². The maximum absolute atomic E-state index is 10.3. The molecule has 0 aromatic rings. The number of carbonyl (C=O) groups excluding carboxylic acids is 2. The van der Waals surface area contributed by atoms with Crippen LogP contribution in [0.1, 0.15) is 38.5 Å². The molecule has 0 saturated carbocycles. The summed E-state index contributed by atoms with van der Waals surface area (Å²) in [5.74, 6) is -15.7. The molecule has 22 heteroatoms. The summed E-state index contributed by atoms with van der Waals surface area (Å²) in [5, 5.41) is 105. The predicted octanol–water partition coefficient (Wildman–Crippen LogP) is -6.80. The van der Waals surface area contributed by atoms with Crippen LogP contribution in [0.15, 0.2) is 0 Å². The minimum atomic E-state index is -2.86. The molecule has 0 bridgehead atoms. The number of aliphatic hydroxyl groups is 3.